The van der Waals surface area contributed by atoms with Crippen LogP contribution >= 0.6 is 0 Å². The summed E-state index contributed by atoms with van der Waals surface area (Å²) in [5, 5.41) is 8.61. The number of carboxylic acids is 1. The molecule has 0 radical (unpaired) electrons. The van der Waals surface area contributed by atoms with E-state index in [0.29, 0.717) is 0 Å². The minimum atomic E-state index is -0.705. The summed E-state index contributed by atoms with van der Waals surface area (Å²) >= 11 is 0. The lowest BCUT2D eigenvalue weighted by molar-refractivity contribution is -0.137. The highest BCUT2D eigenvalue weighted by Crippen LogP contribution is 2.20. The lowest BCUT2D eigenvalue weighted by Crippen LogP contribution is -2.02. The average molecular weight is 337 g/mol. The van der Waals surface area contributed by atoms with Gasteiger partial charge in [0.05, 0.1) is 0 Å². The highest BCUT2D eigenvalue weighted by Gasteiger charge is 2.07. The molecule has 0 unspecified atom stereocenters. The number of hydrogen-bond acceptors (Lipinski definition) is 1. The molecule has 0 atom stereocenters. The second-order valence-electron chi connectivity index (χ2n) is 7.53. The van der Waals surface area contributed by atoms with Crippen LogP contribution in [0.3, 0.4) is 0 Å². The zero-order valence-electron chi connectivity index (χ0n) is 16.4. The molecule has 140 valence electrons. The fraction of sp³-hybridized carbons (Fsp3) is 0.773. The third-order valence-electron chi connectivity index (χ3n) is 4.33. The van der Waals surface area contributed by atoms with E-state index < -0.39 is 5.97 Å². The van der Waals surface area contributed by atoms with E-state index in [0.717, 1.165) is 12.8 Å². The largest absolute Gasteiger partial charge is 0.481 e. The summed E-state index contributed by atoms with van der Waals surface area (Å²) in [6.45, 7) is 6.67. The van der Waals surface area contributed by atoms with Crippen LogP contribution in [-0.2, 0) is 4.79 Å². The summed E-state index contributed by atoms with van der Waals surface area (Å²) in [4.78, 5) is 10.5. The van der Waals surface area contributed by atoms with Gasteiger partial charge in [-0.2, -0.15) is 0 Å². The maximum Gasteiger partial charge on any atom is 0.303 e. The first-order chi connectivity index (χ1) is 11.5. The van der Waals surface area contributed by atoms with E-state index in [1.165, 1.54) is 64.2 Å². The number of unbranched alkanes of at least 4 members (excludes halogenated alkanes) is 10. The smallest absolute Gasteiger partial charge is 0.303 e. The van der Waals surface area contributed by atoms with E-state index in [1.807, 2.05) is 0 Å². The van der Waals surface area contributed by atoms with Gasteiger partial charge in [-0.3, -0.25) is 4.79 Å². The van der Waals surface area contributed by atoms with Gasteiger partial charge in [0.1, 0.15) is 0 Å². The lowest BCUT2D eigenvalue weighted by Gasteiger charge is -2.14. The summed E-state index contributed by atoms with van der Waals surface area (Å²) in [5.41, 5.74) is 0.0719. The molecule has 0 saturated carbocycles. The molecule has 2 heteroatoms. The lowest BCUT2D eigenvalue weighted by atomic mass is 9.91. The molecule has 0 aliphatic carbocycles. The van der Waals surface area contributed by atoms with Crippen molar-refractivity contribution in [1.29, 1.82) is 0 Å². The number of aliphatic carboxylic acids is 1. The van der Waals surface area contributed by atoms with Gasteiger partial charge >= 0.3 is 5.97 Å². The van der Waals surface area contributed by atoms with E-state index in [9.17, 15) is 4.79 Å². The van der Waals surface area contributed by atoms with Gasteiger partial charge in [0.25, 0.3) is 0 Å². The second-order valence-corrected chi connectivity index (χ2v) is 7.53. The second kappa shape index (κ2) is 15.5. The Morgan fingerprint density at radius 1 is 0.792 bits per heavy atom. The molecule has 0 rings (SSSR count). The monoisotopic (exact) mass is 336 g/mol. The van der Waals surface area contributed by atoms with Gasteiger partial charge in [0.2, 0.25) is 0 Å². The standard InChI is InChI=1S/C22H40O2/c1-4-5-6-7-8-9-10-11-12-13-16-19-22(2,3)20-17-14-15-18-21(23)24/h16-17,19-20H,4-15,18H2,1-3H3,(H,23,24)/b19-16+,20-17-. The number of carboxylic acid groups (broad SMARTS) is 1. The molecule has 0 saturated heterocycles. The molecule has 0 aliphatic rings. The van der Waals surface area contributed by atoms with Crippen molar-refractivity contribution in [1.82, 2.24) is 0 Å². The first-order valence-corrected chi connectivity index (χ1v) is 10.0. The van der Waals surface area contributed by atoms with Crippen molar-refractivity contribution in [3.05, 3.63) is 24.3 Å². The fourth-order valence-electron chi connectivity index (χ4n) is 2.77. The molecule has 0 aromatic heterocycles. The molecular weight excluding hydrogens is 296 g/mol. The normalized spacial score (nSPS) is 12.5. The Balaban J connectivity index is 3.59. The molecule has 0 amide bonds. The summed E-state index contributed by atoms with van der Waals surface area (Å²) in [5.74, 6) is -0.705. The molecule has 0 aromatic rings. The van der Waals surface area contributed by atoms with Crippen molar-refractivity contribution in [2.24, 2.45) is 5.41 Å². The molecular formula is C22H40O2. The highest BCUT2D eigenvalue weighted by molar-refractivity contribution is 5.66. The molecule has 2 nitrogen and oxygen atoms in total. The Labute approximate surface area is 150 Å². The van der Waals surface area contributed by atoms with Gasteiger partial charge in [-0.25, -0.2) is 0 Å². The number of rotatable bonds is 16. The molecule has 0 fully saturated rings. The van der Waals surface area contributed by atoms with Gasteiger partial charge < -0.3 is 5.11 Å². The number of hydrogen-bond donors (Lipinski definition) is 1. The topological polar surface area (TPSA) is 37.3 Å². The maximum atomic E-state index is 10.5. The number of carbonyl (C=O) groups is 1. The van der Waals surface area contributed by atoms with Gasteiger partial charge in [-0.05, 0) is 25.7 Å². The van der Waals surface area contributed by atoms with Gasteiger partial charge in [-0.15, -0.1) is 0 Å². The van der Waals surface area contributed by atoms with Gasteiger partial charge in [0.15, 0.2) is 0 Å². The Morgan fingerprint density at radius 3 is 1.75 bits per heavy atom. The molecule has 0 bridgehead atoms. The van der Waals surface area contributed by atoms with Crippen LogP contribution in [0.1, 0.15) is 104 Å². The van der Waals surface area contributed by atoms with Crippen molar-refractivity contribution >= 4 is 5.97 Å². The fourth-order valence-corrected chi connectivity index (χ4v) is 2.77. The average Bonchev–Trinajstić information content (AvgIpc) is 2.52. The zero-order chi connectivity index (χ0) is 18.1. The molecule has 1 N–H and O–H groups in total. The Morgan fingerprint density at radius 2 is 1.25 bits per heavy atom. The highest BCUT2D eigenvalue weighted by atomic mass is 16.4. The third-order valence-corrected chi connectivity index (χ3v) is 4.33. The van der Waals surface area contributed by atoms with Crippen LogP contribution < -0.4 is 0 Å². The van der Waals surface area contributed by atoms with E-state index in [-0.39, 0.29) is 11.8 Å². The zero-order valence-corrected chi connectivity index (χ0v) is 16.4. The van der Waals surface area contributed by atoms with E-state index in [1.54, 1.807) is 0 Å². The first kappa shape index (κ1) is 22.9. The van der Waals surface area contributed by atoms with Crippen molar-refractivity contribution < 1.29 is 9.90 Å². The summed E-state index contributed by atoms with van der Waals surface area (Å²) in [7, 11) is 0. The van der Waals surface area contributed by atoms with Gasteiger partial charge in [-0.1, -0.05) is 96.4 Å². The minimum absolute atomic E-state index is 0.0719. The summed E-state index contributed by atoms with van der Waals surface area (Å²) in [6.07, 6.45) is 24.3. The molecule has 24 heavy (non-hydrogen) atoms. The van der Waals surface area contributed by atoms with Crippen LogP contribution in [0.2, 0.25) is 0 Å². The van der Waals surface area contributed by atoms with Gasteiger partial charge in [0, 0.05) is 11.8 Å². The Bertz CT molecular complexity index is 353. The SMILES string of the molecule is CCCCCCCCCCC/C=C/C(C)(C)/C=C\CCCC(=O)O. The molecule has 0 aliphatic heterocycles. The maximum absolute atomic E-state index is 10.5. The molecule has 0 spiro atoms. The minimum Gasteiger partial charge on any atom is -0.481 e. The van der Waals surface area contributed by atoms with Crippen LogP contribution in [0.15, 0.2) is 24.3 Å². The van der Waals surface area contributed by atoms with Crippen LogP contribution in [0.5, 0.6) is 0 Å². The molecule has 0 heterocycles. The van der Waals surface area contributed by atoms with Crippen LogP contribution in [-0.4, -0.2) is 11.1 Å². The van der Waals surface area contributed by atoms with Crippen molar-refractivity contribution in [3.8, 4) is 0 Å². The quantitative estimate of drug-likeness (QED) is 0.237. The Kier molecular flexibility index (Phi) is 14.8. The summed E-state index contributed by atoms with van der Waals surface area (Å²) in [6, 6.07) is 0. The predicted octanol–water partition coefficient (Wildman–Crippen LogP) is 7.30. The molecule has 0 aromatic carbocycles. The van der Waals surface area contributed by atoms with Crippen molar-refractivity contribution in [3.63, 3.8) is 0 Å². The number of allylic oxidation sites excluding steroid dienone is 4. The third kappa shape index (κ3) is 17.3. The first-order valence-electron chi connectivity index (χ1n) is 10.0. The van der Waals surface area contributed by atoms with Crippen molar-refractivity contribution in [2.75, 3.05) is 0 Å². The van der Waals surface area contributed by atoms with E-state index >= 15 is 0 Å². The van der Waals surface area contributed by atoms with Crippen LogP contribution in [0.4, 0.5) is 0 Å². The summed E-state index contributed by atoms with van der Waals surface area (Å²) < 4.78 is 0. The van der Waals surface area contributed by atoms with E-state index in [4.69, 9.17) is 5.11 Å². The van der Waals surface area contributed by atoms with Crippen LogP contribution in [0, 0.1) is 5.41 Å². The van der Waals surface area contributed by atoms with E-state index in [2.05, 4.69) is 45.1 Å². The Hall–Kier alpha value is -1.05. The van der Waals surface area contributed by atoms with Crippen LogP contribution in [0.25, 0.3) is 0 Å². The predicted molar refractivity (Wildman–Crippen MR) is 105 cm³/mol. The van der Waals surface area contributed by atoms with Crippen molar-refractivity contribution in [2.45, 2.75) is 104 Å².